The summed E-state index contributed by atoms with van der Waals surface area (Å²) in [7, 11) is 1.63. The van der Waals surface area contributed by atoms with E-state index in [1.807, 2.05) is 57.2 Å². The summed E-state index contributed by atoms with van der Waals surface area (Å²) < 4.78 is 17.0. The maximum Gasteiger partial charge on any atom is 0.249 e. The van der Waals surface area contributed by atoms with Crippen LogP contribution in [-0.4, -0.2) is 41.1 Å². The van der Waals surface area contributed by atoms with E-state index in [-0.39, 0.29) is 18.6 Å². The molecule has 1 unspecified atom stereocenters. The van der Waals surface area contributed by atoms with Gasteiger partial charge in [-0.1, -0.05) is 26.0 Å². The van der Waals surface area contributed by atoms with Crippen molar-refractivity contribution in [1.29, 1.82) is 0 Å². The first kappa shape index (κ1) is 23.2. The van der Waals surface area contributed by atoms with Gasteiger partial charge in [-0.15, -0.1) is 0 Å². The zero-order valence-electron chi connectivity index (χ0n) is 18.9. The number of nitrogens with zero attached hydrogens (tertiary/aromatic N) is 3. The molecule has 1 aromatic carbocycles. The van der Waals surface area contributed by atoms with E-state index in [0.717, 1.165) is 22.6 Å². The van der Waals surface area contributed by atoms with Gasteiger partial charge in [-0.25, -0.2) is 0 Å². The van der Waals surface area contributed by atoms with Crippen LogP contribution in [0.3, 0.4) is 0 Å². The van der Waals surface area contributed by atoms with Crippen molar-refractivity contribution in [1.82, 2.24) is 14.9 Å². The maximum absolute atomic E-state index is 12.8. The number of rotatable bonds is 6. The summed E-state index contributed by atoms with van der Waals surface area (Å²) in [5, 5.41) is 0. The van der Waals surface area contributed by atoms with Gasteiger partial charge in [0.1, 0.15) is 23.9 Å². The Morgan fingerprint density at radius 1 is 1.12 bits per heavy atom. The number of hydrogen-bond acceptors (Lipinski definition) is 6. The van der Waals surface area contributed by atoms with Crippen LogP contribution < -0.4 is 9.47 Å². The number of pyridine rings is 2. The highest BCUT2D eigenvalue weighted by Gasteiger charge is 2.32. The summed E-state index contributed by atoms with van der Waals surface area (Å²) in [6.45, 7) is 6.74. The van der Waals surface area contributed by atoms with Crippen LogP contribution in [0.15, 0.2) is 61.1 Å². The van der Waals surface area contributed by atoms with E-state index in [1.54, 1.807) is 36.7 Å². The van der Waals surface area contributed by atoms with Crippen molar-refractivity contribution < 1.29 is 19.0 Å². The van der Waals surface area contributed by atoms with Gasteiger partial charge in [0.2, 0.25) is 5.91 Å². The van der Waals surface area contributed by atoms with Gasteiger partial charge < -0.3 is 19.1 Å². The number of methoxy groups -OCH3 is 1. The molecule has 1 fully saturated rings. The Labute approximate surface area is 189 Å². The molecule has 7 heteroatoms. The predicted molar refractivity (Wildman–Crippen MR) is 122 cm³/mol. The summed E-state index contributed by atoms with van der Waals surface area (Å²) in [4.78, 5) is 23.1. The molecule has 0 spiro atoms. The van der Waals surface area contributed by atoms with Crippen molar-refractivity contribution >= 4 is 5.91 Å². The van der Waals surface area contributed by atoms with E-state index in [2.05, 4.69) is 9.97 Å². The number of amides is 1. The second-order valence-corrected chi connectivity index (χ2v) is 7.01. The van der Waals surface area contributed by atoms with Crippen LogP contribution in [0.5, 0.6) is 17.2 Å². The Bertz CT molecular complexity index is 1040. The summed E-state index contributed by atoms with van der Waals surface area (Å²) >= 11 is 0. The molecule has 0 aliphatic carbocycles. The molecule has 3 aromatic rings. The van der Waals surface area contributed by atoms with Crippen LogP contribution in [0, 0.1) is 6.92 Å². The van der Waals surface area contributed by atoms with E-state index in [4.69, 9.17) is 14.2 Å². The molecule has 1 aliphatic heterocycles. The number of ether oxygens (including phenoxy) is 3. The van der Waals surface area contributed by atoms with Gasteiger partial charge in [-0.3, -0.25) is 14.8 Å². The molecule has 1 aliphatic rings. The maximum atomic E-state index is 12.8. The van der Waals surface area contributed by atoms with Crippen molar-refractivity contribution in [2.24, 2.45) is 0 Å². The molecule has 1 atom stereocenters. The van der Waals surface area contributed by atoms with Crippen LogP contribution in [0.1, 0.15) is 36.7 Å². The molecule has 168 valence electrons. The van der Waals surface area contributed by atoms with Gasteiger partial charge in [0.15, 0.2) is 0 Å². The van der Waals surface area contributed by atoms with Gasteiger partial charge in [-0.2, -0.15) is 0 Å². The van der Waals surface area contributed by atoms with E-state index in [0.29, 0.717) is 24.7 Å². The number of benzene rings is 1. The smallest absolute Gasteiger partial charge is 0.249 e. The monoisotopic (exact) mass is 435 g/mol. The highest BCUT2D eigenvalue weighted by atomic mass is 16.5. The Kier molecular flexibility index (Phi) is 8.16. The van der Waals surface area contributed by atoms with Gasteiger partial charge in [0.05, 0.1) is 25.5 Å². The minimum absolute atomic E-state index is 0.0542. The lowest BCUT2D eigenvalue weighted by atomic mass is 10.0. The molecule has 1 saturated heterocycles. The minimum Gasteiger partial charge on any atom is -0.497 e. The second kappa shape index (κ2) is 11.2. The van der Waals surface area contributed by atoms with Crippen molar-refractivity contribution in [2.75, 3.05) is 20.3 Å². The summed E-state index contributed by atoms with van der Waals surface area (Å²) in [5.41, 5.74) is 2.55. The van der Waals surface area contributed by atoms with Crippen molar-refractivity contribution in [3.8, 4) is 17.2 Å². The van der Waals surface area contributed by atoms with Gasteiger partial charge in [0.25, 0.3) is 0 Å². The summed E-state index contributed by atoms with van der Waals surface area (Å²) in [6.07, 6.45) is 5.12. The van der Waals surface area contributed by atoms with Gasteiger partial charge in [0, 0.05) is 30.7 Å². The Morgan fingerprint density at radius 2 is 1.97 bits per heavy atom. The number of carbonyl (C=O) groups excluding carboxylic acids is 1. The highest BCUT2D eigenvalue weighted by molar-refractivity contribution is 5.78. The fraction of sp³-hybridized carbons (Fsp3) is 0.320. The van der Waals surface area contributed by atoms with Gasteiger partial charge >= 0.3 is 0 Å². The predicted octanol–water partition coefficient (Wildman–Crippen LogP) is 4.71. The third-order valence-electron chi connectivity index (χ3n) is 5.03. The molecule has 0 bridgehead atoms. The van der Waals surface area contributed by atoms with Gasteiger partial charge in [-0.05, 0) is 42.8 Å². The first-order chi connectivity index (χ1) is 15.7. The van der Waals surface area contributed by atoms with E-state index >= 15 is 0 Å². The average Bonchev–Trinajstić information content (AvgIpc) is 2.84. The lowest BCUT2D eigenvalue weighted by molar-refractivity contribution is -0.149. The van der Waals surface area contributed by atoms with Crippen LogP contribution in [0.4, 0.5) is 0 Å². The lowest BCUT2D eigenvalue weighted by Gasteiger charge is -2.36. The summed E-state index contributed by atoms with van der Waals surface area (Å²) in [6, 6.07) is 12.9. The zero-order valence-corrected chi connectivity index (χ0v) is 18.9. The average molecular weight is 436 g/mol. The molecule has 2 aromatic heterocycles. The van der Waals surface area contributed by atoms with E-state index in [9.17, 15) is 4.79 Å². The topological polar surface area (TPSA) is 73.8 Å². The number of carbonyl (C=O) groups is 1. The molecule has 32 heavy (non-hydrogen) atoms. The molecular formula is C25H29N3O4. The first-order valence-corrected chi connectivity index (χ1v) is 10.7. The molecule has 4 rings (SSSR count). The normalized spacial score (nSPS) is 15.6. The third-order valence-corrected chi connectivity index (χ3v) is 5.03. The second-order valence-electron chi connectivity index (χ2n) is 7.01. The third kappa shape index (κ3) is 5.42. The standard InChI is InChI=1S/C23H23N3O4.C2H6/c1-16-21(7-4-9-25-16)30-22-8-10-24-12-19(22)20-14-29-15-23(27)26(20)13-17-5-3-6-18(11-17)28-2;1-2/h3-12,20H,13-15H2,1-2H3;1-2H3. The summed E-state index contributed by atoms with van der Waals surface area (Å²) in [5.74, 6) is 1.95. The SMILES string of the molecule is CC.COc1cccc(CN2C(=O)COCC2c2cnccc2Oc2cccnc2C)c1. The molecule has 1 amide bonds. The molecule has 7 nitrogen and oxygen atoms in total. The highest BCUT2D eigenvalue weighted by Crippen LogP contribution is 2.35. The van der Waals surface area contributed by atoms with Crippen LogP contribution >= 0.6 is 0 Å². The fourth-order valence-electron chi connectivity index (χ4n) is 3.46. The van der Waals surface area contributed by atoms with Crippen molar-refractivity contribution in [2.45, 2.75) is 33.4 Å². The number of aromatic nitrogens is 2. The Balaban J connectivity index is 0.00000141. The quantitative estimate of drug-likeness (QED) is 0.558. The largest absolute Gasteiger partial charge is 0.497 e. The van der Waals surface area contributed by atoms with E-state index < -0.39 is 0 Å². The molecule has 0 N–H and O–H groups in total. The molecule has 0 radical (unpaired) electrons. The lowest BCUT2D eigenvalue weighted by Crippen LogP contribution is -2.43. The van der Waals surface area contributed by atoms with Crippen LogP contribution in [0.25, 0.3) is 0 Å². The fourth-order valence-corrected chi connectivity index (χ4v) is 3.46. The van der Waals surface area contributed by atoms with E-state index in [1.165, 1.54) is 0 Å². The number of aryl methyl sites for hydroxylation is 1. The number of hydrogen-bond donors (Lipinski definition) is 0. The molecule has 0 saturated carbocycles. The first-order valence-electron chi connectivity index (χ1n) is 10.7. The van der Waals surface area contributed by atoms with Crippen molar-refractivity contribution in [3.05, 3.63) is 77.9 Å². The van der Waals surface area contributed by atoms with Crippen LogP contribution in [-0.2, 0) is 16.1 Å². The Hall–Kier alpha value is -3.45. The Morgan fingerprint density at radius 3 is 2.75 bits per heavy atom. The van der Waals surface area contributed by atoms with Crippen LogP contribution in [0.2, 0.25) is 0 Å². The molecule has 3 heterocycles. The molecular weight excluding hydrogens is 406 g/mol. The number of morpholine rings is 1. The van der Waals surface area contributed by atoms with Crippen molar-refractivity contribution in [3.63, 3.8) is 0 Å². The minimum atomic E-state index is -0.321. The zero-order chi connectivity index (χ0) is 22.9.